The zero-order chi connectivity index (χ0) is 11.7. The Bertz CT molecular complexity index is 401. The molecule has 1 aliphatic heterocycles. The van der Waals surface area contributed by atoms with Gasteiger partial charge in [0.05, 0.1) is 0 Å². The Balaban J connectivity index is 2.21. The molecule has 1 aliphatic rings. The van der Waals surface area contributed by atoms with Gasteiger partial charge in [0.25, 0.3) is 5.91 Å². The predicted octanol–water partition coefficient (Wildman–Crippen LogP) is 0.345. The molecule has 6 nitrogen and oxygen atoms in total. The van der Waals surface area contributed by atoms with Crippen molar-refractivity contribution in [1.82, 2.24) is 15.1 Å². The van der Waals surface area contributed by atoms with Crippen molar-refractivity contribution >= 4 is 11.9 Å². The first-order valence-corrected chi connectivity index (χ1v) is 5.14. The molecule has 1 aromatic rings. The molecule has 86 valence electrons. The predicted molar refractivity (Wildman–Crippen MR) is 54.8 cm³/mol. The molecule has 0 aliphatic carbocycles. The first kappa shape index (κ1) is 10.7. The highest BCUT2D eigenvalue weighted by Crippen LogP contribution is 2.25. The molecular formula is C10H13N3O3. The summed E-state index contributed by atoms with van der Waals surface area (Å²) in [7, 11) is 0. The van der Waals surface area contributed by atoms with Crippen LogP contribution in [0.2, 0.25) is 0 Å². The molecular weight excluding hydrogens is 210 g/mol. The lowest BCUT2D eigenvalue weighted by molar-refractivity contribution is -0.142. The summed E-state index contributed by atoms with van der Waals surface area (Å²) in [5.74, 6) is -1.25. The van der Waals surface area contributed by atoms with Crippen LogP contribution in [0.4, 0.5) is 0 Å². The van der Waals surface area contributed by atoms with Gasteiger partial charge in [-0.1, -0.05) is 6.92 Å². The fraction of sp³-hybridized carbons (Fsp3) is 0.500. The van der Waals surface area contributed by atoms with Gasteiger partial charge in [-0.2, -0.15) is 5.10 Å². The Kier molecular flexibility index (Phi) is 2.64. The van der Waals surface area contributed by atoms with Crippen LogP contribution in [0.5, 0.6) is 0 Å². The Morgan fingerprint density at radius 2 is 2.38 bits per heavy atom. The van der Waals surface area contributed by atoms with Crippen molar-refractivity contribution in [2.75, 3.05) is 6.54 Å². The summed E-state index contributed by atoms with van der Waals surface area (Å²) in [5, 5.41) is 15.3. The van der Waals surface area contributed by atoms with E-state index in [4.69, 9.17) is 5.11 Å². The highest BCUT2D eigenvalue weighted by atomic mass is 16.4. The van der Waals surface area contributed by atoms with Crippen LogP contribution >= 0.6 is 0 Å². The quantitative estimate of drug-likeness (QED) is 0.757. The summed E-state index contributed by atoms with van der Waals surface area (Å²) >= 11 is 0. The number of likely N-dealkylation sites (tertiary alicyclic amines) is 1. The highest BCUT2D eigenvalue weighted by molar-refractivity contribution is 5.95. The van der Waals surface area contributed by atoms with Gasteiger partial charge in [0.15, 0.2) is 0 Å². The molecule has 0 aromatic carbocycles. The fourth-order valence-electron chi connectivity index (χ4n) is 2.08. The SMILES string of the molecule is CC1CCN(C(=O)c2ccn[nH]2)C1C(=O)O. The molecule has 1 amide bonds. The maximum absolute atomic E-state index is 12.0. The number of H-pyrrole nitrogens is 1. The third-order valence-electron chi connectivity index (χ3n) is 2.95. The summed E-state index contributed by atoms with van der Waals surface area (Å²) in [6.07, 6.45) is 2.19. The van der Waals surface area contributed by atoms with Crippen LogP contribution in [0.25, 0.3) is 0 Å². The van der Waals surface area contributed by atoms with Crippen LogP contribution in [0.1, 0.15) is 23.8 Å². The Morgan fingerprint density at radius 1 is 1.62 bits per heavy atom. The van der Waals surface area contributed by atoms with Gasteiger partial charge in [-0.15, -0.1) is 0 Å². The summed E-state index contributed by atoms with van der Waals surface area (Å²) in [6, 6.07) is 0.820. The van der Waals surface area contributed by atoms with Crippen molar-refractivity contribution < 1.29 is 14.7 Å². The average molecular weight is 223 g/mol. The minimum absolute atomic E-state index is 0.00984. The van der Waals surface area contributed by atoms with Crippen LogP contribution in [0.15, 0.2) is 12.3 Å². The summed E-state index contributed by atoms with van der Waals surface area (Å²) in [5.41, 5.74) is 0.334. The molecule has 2 N–H and O–H groups in total. The second-order valence-electron chi connectivity index (χ2n) is 4.02. The maximum atomic E-state index is 12.0. The van der Waals surface area contributed by atoms with E-state index in [9.17, 15) is 9.59 Å². The van der Waals surface area contributed by atoms with Crippen molar-refractivity contribution in [3.8, 4) is 0 Å². The highest BCUT2D eigenvalue weighted by Gasteiger charge is 2.40. The van der Waals surface area contributed by atoms with Gasteiger partial charge in [0.2, 0.25) is 0 Å². The smallest absolute Gasteiger partial charge is 0.326 e. The number of carbonyl (C=O) groups is 2. The van der Waals surface area contributed by atoms with E-state index < -0.39 is 12.0 Å². The van der Waals surface area contributed by atoms with Crippen LogP contribution in [-0.2, 0) is 4.79 Å². The Morgan fingerprint density at radius 3 is 2.94 bits per heavy atom. The van der Waals surface area contributed by atoms with Crippen molar-refractivity contribution in [3.63, 3.8) is 0 Å². The first-order valence-electron chi connectivity index (χ1n) is 5.14. The molecule has 2 rings (SSSR count). The van der Waals surface area contributed by atoms with Crippen LogP contribution in [0.3, 0.4) is 0 Å². The van der Waals surface area contributed by atoms with Crippen molar-refractivity contribution in [2.24, 2.45) is 5.92 Å². The van der Waals surface area contributed by atoms with Gasteiger partial charge >= 0.3 is 5.97 Å². The standard InChI is InChI=1S/C10H13N3O3/c1-6-3-5-13(8(6)10(15)16)9(14)7-2-4-11-12-7/h2,4,6,8H,3,5H2,1H3,(H,11,12)(H,15,16). The molecule has 0 saturated carbocycles. The topological polar surface area (TPSA) is 86.3 Å². The number of carboxylic acids is 1. The second-order valence-corrected chi connectivity index (χ2v) is 4.02. The zero-order valence-corrected chi connectivity index (χ0v) is 8.88. The fourth-order valence-corrected chi connectivity index (χ4v) is 2.08. The van der Waals surface area contributed by atoms with Gasteiger partial charge in [-0.25, -0.2) is 4.79 Å². The van der Waals surface area contributed by atoms with E-state index in [2.05, 4.69) is 10.2 Å². The number of aliphatic carboxylic acids is 1. The van der Waals surface area contributed by atoms with Crippen molar-refractivity contribution in [3.05, 3.63) is 18.0 Å². The molecule has 0 bridgehead atoms. The molecule has 1 aromatic heterocycles. The molecule has 2 atom stereocenters. The number of nitrogens with one attached hydrogen (secondary N) is 1. The molecule has 1 saturated heterocycles. The molecule has 1 fully saturated rings. The van der Waals surface area contributed by atoms with E-state index in [1.807, 2.05) is 6.92 Å². The van der Waals surface area contributed by atoms with E-state index >= 15 is 0 Å². The summed E-state index contributed by atoms with van der Waals surface area (Å²) < 4.78 is 0. The zero-order valence-electron chi connectivity index (χ0n) is 8.88. The lowest BCUT2D eigenvalue weighted by atomic mass is 10.0. The minimum Gasteiger partial charge on any atom is -0.480 e. The van der Waals surface area contributed by atoms with E-state index in [0.717, 1.165) is 6.42 Å². The van der Waals surface area contributed by atoms with E-state index in [-0.39, 0.29) is 11.8 Å². The Hall–Kier alpha value is -1.85. The largest absolute Gasteiger partial charge is 0.480 e. The minimum atomic E-state index is -0.946. The number of hydrogen-bond acceptors (Lipinski definition) is 3. The lowest BCUT2D eigenvalue weighted by Gasteiger charge is -2.22. The van der Waals surface area contributed by atoms with Crippen molar-refractivity contribution in [1.29, 1.82) is 0 Å². The third kappa shape index (κ3) is 1.66. The number of rotatable bonds is 2. The number of aromatic nitrogens is 2. The van der Waals surface area contributed by atoms with Gasteiger partial charge in [0.1, 0.15) is 11.7 Å². The second kappa shape index (κ2) is 3.96. The summed E-state index contributed by atoms with van der Waals surface area (Å²) in [6.45, 7) is 2.33. The number of nitrogens with zero attached hydrogens (tertiary/aromatic N) is 2. The van der Waals surface area contributed by atoms with E-state index in [1.54, 1.807) is 6.07 Å². The van der Waals surface area contributed by atoms with Crippen molar-refractivity contribution in [2.45, 2.75) is 19.4 Å². The molecule has 2 heterocycles. The van der Waals surface area contributed by atoms with Crippen LogP contribution in [-0.4, -0.2) is 44.7 Å². The number of amides is 1. The van der Waals surface area contributed by atoms with E-state index in [0.29, 0.717) is 12.2 Å². The molecule has 0 radical (unpaired) electrons. The van der Waals surface area contributed by atoms with Crippen LogP contribution < -0.4 is 0 Å². The first-order chi connectivity index (χ1) is 7.61. The number of aromatic amines is 1. The maximum Gasteiger partial charge on any atom is 0.326 e. The van der Waals surface area contributed by atoms with Gasteiger partial charge in [-0.3, -0.25) is 9.89 Å². The number of carboxylic acid groups (broad SMARTS) is 1. The van der Waals surface area contributed by atoms with Gasteiger partial charge in [0, 0.05) is 12.7 Å². The molecule has 16 heavy (non-hydrogen) atoms. The third-order valence-corrected chi connectivity index (χ3v) is 2.95. The molecule has 6 heteroatoms. The summed E-state index contributed by atoms with van der Waals surface area (Å²) in [4.78, 5) is 24.4. The van der Waals surface area contributed by atoms with Gasteiger partial charge < -0.3 is 10.0 Å². The molecule has 2 unspecified atom stereocenters. The molecule has 0 spiro atoms. The lowest BCUT2D eigenvalue weighted by Crippen LogP contribution is -2.42. The van der Waals surface area contributed by atoms with Gasteiger partial charge in [-0.05, 0) is 18.4 Å². The van der Waals surface area contributed by atoms with Crippen LogP contribution in [0, 0.1) is 5.92 Å². The number of carbonyl (C=O) groups excluding carboxylic acids is 1. The number of hydrogen-bond donors (Lipinski definition) is 2. The normalized spacial score (nSPS) is 24.7. The monoisotopic (exact) mass is 223 g/mol. The average Bonchev–Trinajstić information content (AvgIpc) is 2.84. The Labute approximate surface area is 92.3 Å². The van der Waals surface area contributed by atoms with E-state index in [1.165, 1.54) is 11.1 Å².